The van der Waals surface area contributed by atoms with Gasteiger partial charge >= 0.3 is 0 Å². The summed E-state index contributed by atoms with van der Waals surface area (Å²) in [6.07, 6.45) is 3.95. The molecule has 1 saturated heterocycles. The van der Waals surface area contributed by atoms with Crippen molar-refractivity contribution >= 4 is 0 Å². The van der Waals surface area contributed by atoms with Crippen LogP contribution in [0.5, 0.6) is 0 Å². The van der Waals surface area contributed by atoms with Crippen LogP contribution in [0.3, 0.4) is 0 Å². The highest BCUT2D eigenvalue weighted by molar-refractivity contribution is 5.35. The second-order valence-electron chi connectivity index (χ2n) is 5.13. The zero-order valence-electron chi connectivity index (χ0n) is 11.1. The van der Waals surface area contributed by atoms with Crippen molar-refractivity contribution < 1.29 is 0 Å². The van der Waals surface area contributed by atoms with Crippen LogP contribution in [0.1, 0.15) is 42.0 Å². The molecule has 0 radical (unpaired) electrons. The summed E-state index contributed by atoms with van der Waals surface area (Å²) in [7, 11) is 0. The fraction of sp³-hybridized carbons (Fsp3) is 0.600. The van der Waals surface area contributed by atoms with E-state index in [2.05, 4.69) is 36.9 Å². The molecule has 0 aliphatic carbocycles. The van der Waals surface area contributed by atoms with Gasteiger partial charge in [0.1, 0.15) is 0 Å². The molecular formula is C15H24N2. The first kappa shape index (κ1) is 12.6. The van der Waals surface area contributed by atoms with Crippen LogP contribution in [0, 0.1) is 13.8 Å². The van der Waals surface area contributed by atoms with Gasteiger partial charge in [0.25, 0.3) is 0 Å². The highest BCUT2D eigenvalue weighted by Crippen LogP contribution is 2.33. The van der Waals surface area contributed by atoms with Gasteiger partial charge in [-0.05, 0) is 49.9 Å². The molecule has 17 heavy (non-hydrogen) atoms. The largest absolute Gasteiger partial charge is 0.329 e. The Morgan fingerprint density at radius 1 is 1.29 bits per heavy atom. The maximum atomic E-state index is 5.73. The number of rotatable bonds is 3. The molecule has 2 rings (SSSR count). The molecule has 94 valence electrons. The molecule has 1 atom stereocenters. The molecule has 1 fully saturated rings. The third kappa shape index (κ3) is 2.70. The second-order valence-corrected chi connectivity index (χ2v) is 5.13. The minimum Gasteiger partial charge on any atom is -0.329 e. The van der Waals surface area contributed by atoms with Crippen molar-refractivity contribution in [1.82, 2.24) is 4.90 Å². The molecule has 1 aromatic carbocycles. The maximum absolute atomic E-state index is 5.73. The molecule has 1 heterocycles. The molecule has 0 aromatic heterocycles. The Bertz CT molecular complexity index is 371. The Hall–Kier alpha value is -0.860. The van der Waals surface area contributed by atoms with Crippen molar-refractivity contribution in [3.05, 3.63) is 34.9 Å². The molecule has 2 nitrogen and oxygen atoms in total. The summed E-state index contributed by atoms with van der Waals surface area (Å²) in [4.78, 5) is 2.56. The van der Waals surface area contributed by atoms with Gasteiger partial charge in [0.15, 0.2) is 0 Å². The van der Waals surface area contributed by atoms with E-state index in [0.717, 1.165) is 13.1 Å². The van der Waals surface area contributed by atoms with Crippen LogP contribution in [-0.2, 0) is 0 Å². The first-order valence-electron chi connectivity index (χ1n) is 6.74. The summed E-state index contributed by atoms with van der Waals surface area (Å²) in [6, 6.07) is 7.27. The Kier molecular flexibility index (Phi) is 4.19. The number of hydrogen-bond donors (Lipinski definition) is 1. The number of nitrogens with zero attached hydrogens (tertiary/aromatic N) is 1. The van der Waals surface area contributed by atoms with E-state index in [1.807, 2.05) is 0 Å². The van der Waals surface area contributed by atoms with Crippen LogP contribution in [0.15, 0.2) is 18.2 Å². The SMILES string of the molecule is Cc1cccc(C2CCCCN2CCN)c1C. The van der Waals surface area contributed by atoms with Crippen molar-refractivity contribution in [3.8, 4) is 0 Å². The van der Waals surface area contributed by atoms with Crippen molar-refractivity contribution in [3.63, 3.8) is 0 Å². The van der Waals surface area contributed by atoms with Crippen molar-refractivity contribution in [2.75, 3.05) is 19.6 Å². The van der Waals surface area contributed by atoms with E-state index >= 15 is 0 Å². The number of piperidine rings is 1. The molecule has 0 spiro atoms. The van der Waals surface area contributed by atoms with Gasteiger partial charge in [-0.3, -0.25) is 4.90 Å². The Labute approximate surface area is 105 Å². The van der Waals surface area contributed by atoms with Gasteiger partial charge in [0.2, 0.25) is 0 Å². The minimum absolute atomic E-state index is 0.590. The van der Waals surface area contributed by atoms with Crippen LogP contribution < -0.4 is 5.73 Å². The molecule has 0 saturated carbocycles. The fourth-order valence-electron chi connectivity index (χ4n) is 2.91. The van der Waals surface area contributed by atoms with Crippen LogP contribution in [0.2, 0.25) is 0 Å². The average molecular weight is 232 g/mol. The van der Waals surface area contributed by atoms with Gasteiger partial charge in [0.05, 0.1) is 0 Å². The van der Waals surface area contributed by atoms with Gasteiger partial charge in [-0.2, -0.15) is 0 Å². The van der Waals surface area contributed by atoms with E-state index in [1.54, 1.807) is 0 Å². The third-order valence-corrected chi connectivity index (χ3v) is 4.04. The van der Waals surface area contributed by atoms with Gasteiger partial charge in [-0.1, -0.05) is 24.6 Å². The van der Waals surface area contributed by atoms with Gasteiger partial charge < -0.3 is 5.73 Å². The normalized spacial score (nSPS) is 21.7. The predicted octanol–water partition coefficient (Wildman–Crippen LogP) is 2.79. The third-order valence-electron chi connectivity index (χ3n) is 4.04. The lowest BCUT2D eigenvalue weighted by Gasteiger charge is -2.36. The summed E-state index contributed by atoms with van der Waals surface area (Å²) >= 11 is 0. The summed E-state index contributed by atoms with van der Waals surface area (Å²) < 4.78 is 0. The summed E-state index contributed by atoms with van der Waals surface area (Å²) in [5.74, 6) is 0. The first-order valence-corrected chi connectivity index (χ1v) is 6.74. The smallest absolute Gasteiger partial charge is 0.0351 e. The van der Waals surface area contributed by atoms with Gasteiger partial charge in [-0.15, -0.1) is 0 Å². The average Bonchev–Trinajstić information content (AvgIpc) is 2.34. The summed E-state index contributed by atoms with van der Waals surface area (Å²) in [5.41, 5.74) is 10.1. The van der Waals surface area contributed by atoms with Crippen LogP contribution in [0.4, 0.5) is 0 Å². The zero-order valence-corrected chi connectivity index (χ0v) is 11.1. The topological polar surface area (TPSA) is 29.3 Å². The number of likely N-dealkylation sites (tertiary alicyclic amines) is 1. The van der Waals surface area contributed by atoms with Gasteiger partial charge in [0, 0.05) is 19.1 Å². The Balaban J connectivity index is 2.26. The highest BCUT2D eigenvalue weighted by Gasteiger charge is 2.24. The number of aryl methyl sites for hydroxylation is 1. The monoisotopic (exact) mass is 232 g/mol. The van der Waals surface area contributed by atoms with Crippen LogP contribution in [-0.4, -0.2) is 24.5 Å². The van der Waals surface area contributed by atoms with E-state index in [1.165, 1.54) is 42.5 Å². The van der Waals surface area contributed by atoms with E-state index in [4.69, 9.17) is 5.73 Å². The molecule has 1 aliphatic heterocycles. The highest BCUT2D eigenvalue weighted by atomic mass is 15.2. The summed E-state index contributed by atoms with van der Waals surface area (Å²) in [6.45, 7) is 7.45. The Morgan fingerprint density at radius 2 is 2.12 bits per heavy atom. The van der Waals surface area contributed by atoms with E-state index in [0.29, 0.717) is 6.04 Å². The predicted molar refractivity (Wildman–Crippen MR) is 73.1 cm³/mol. The lowest BCUT2D eigenvalue weighted by atomic mass is 9.90. The van der Waals surface area contributed by atoms with Crippen LogP contribution in [0.25, 0.3) is 0 Å². The minimum atomic E-state index is 0.590. The van der Waals surface area contributed by atoms with E-state index in [9.17, 15) is 0 Å². The number of benzene rings is 1. The first-order chi connectivity index (χ1) is 8.24. The molecule has 2 heteroatoms. The lowest BCUT2D eigenvalue weighted by Crippen LogP contribution is -2.37. The molecule has 2 N–H and O–H groups in total. The van der Waals surface area contributed by atoms with Crippen molar-refractivity contribution in [1.29, 1.82) is 0 Å². The van der Waals surface area contributed by atoms with E-state index in [-0.39, 0.29) is 0 Å². The quantitative estimate of drug-likeness (QED) is 0.868. The standard InChI is InChI=1S/C15H24N2/c1-12-6-5-7-14(13(12)2)15-8-3-4-10-17(15)11-9-16/h5-7,15H,3-4,8-11,16H2,1-2H3. The maximum Gasteiger partial charge on any atom is 0.0351 e. The molecule has 0 amide bonds. The number of nitrogens with two attached hydrogens (primary N) is 1. The zero-order chi connectivity index (χ0) is 12.3. The fourth-order valence-corrected chi connectivity index (χ4v) is 2.91. The van der Waals surface area contributed by atoms with Crippen molar-refractivity contribution in [2.45, 2.75) is 39.2 Å². The second kappa shape index (κ2) is 5.65. The van der Waals surface area contributed by atoms with Gasteiger partial charge in [-0.25, -0.2) is 0 Å². The molecule has 1 unspecified atom stereocenters. The molecule has 1 aliphatic rings. The van der Waals surface area contributed by atoms with Crippen molar-refractivity contribution in [2.24, 2.45) is 5.73 Å². The van der Waals surface area contributed by atoms with E-state index < -0.39 is 0 Å². The summed E-state index contributed by atoms with van der Waals surface area (Å²) in [5, 5.41) is 0. The Morgan fingerprint density at radius 3 is 2.88 bits per heavy atom. The molecular weight excluding hydrogens is 208 g/mol. The molecule has 1 aromatic rings. The number of hydrogen-bond acceptors (Lipinski definition) is 2. The molecule has 0 bridgehead atoms. The lowest BCUT2D eigenvalue weighted by molar-refractivity contribution is 0.153. The van der Waals surface area contributed by atoms with Crippen LogP contribution >= 0.6 is 0 Å².